The van der Waals surface area contributed by atoms with Crippen molar-refractivity contribution < 1.29 is 13.3 Å². The van der Waals surface area contributed by atoms with Crippen molar-refractivity contribution in [2.24, 2.45) is 5.73 Å². The third-order valence-corrected chi connectivity index (χ3v) is 5.73. The third kappa shape index (κ3) is 2.51. The Labute approximate surface area is 121 Å². The van der Waals surface area contributed by atoms with Crippen LogP contribution in [0.15, 0.2) is 23.1 Å². The van der Waals surface area contributed by atoms with E-state index in [0.29, 0.717) is 6.42 Å². The summed E-state index contributed by atoms with van der Waals surface area (Å²) in [5.74, 6) is 0. The van der Waals surface area contributed by atoms with Crippen LogP contribution in [0.5, 0.6) is 0 Å². The molecule has 9 heteroatoms. The van der Waals surface area contributed by atoms with Gasteiger partial charge in [0.2, 0.25) is 10.0 Å². The second kappa shape index (κ2) is 5.28. The molecule has 1 aromatic carbocycles. The number of sulfonamides is 1. The van der Waals surface area contributed by atoms with E-state index in [1.165, 1.54) is 10.4 Å². The number of rotatable bonds is 3. The molecule has 1 heterocycles. The summed E-state index contributed by atoms with van der Waals surface area (Å²) in [4.78, 5) is 9.92. The average Bonchev–Trinajstić information content (AvgIpc) is 2.70. The Balaban J connectivity index is 2.53. The van der Waals surface area contributed by atoms with E-state index in [1.54, 1.807) is 6.92 Å². The average molecular weight is 320 g/mol. The van der Waals surface area contributed by atoms with Crippen LogP contribution in [0.25, 0.3) is 0 Å². The third-order valence-electron chi connectivity index (χ3n) is 3.46. The molecule has 20 heavy (non-hydrogen) atoms. The van der Waals surface area contributed by atoms with Gasteiger partial charge in [-0.2, -0.15) is 4.31 Å². The molecule has 2 unspecified atom stereocenters. The van der Waals surface area contributed by atoms with Gasteiger partial charge < -0.3 is 5.73 Å². The Morgan fingerprint density at radius 3 is 2.65 bits per heavy atom. The van der Waals surface area contributed by atoms with Gasteiger partial charge in [-0.1, -0.05) is 11.6 Å². The highest BCUT2D eigenvalue weighted by molar-refractivity contribution is 7.89. The molecule has 1 aliphatic rings. The topological polar surface area (TPSA) is 107 Å². The first-order valence-electron chi connectivity index (χ1n) is 5.96. The van der Waals surface area contributed by atoms with Gasteiger partial charge in [0.05, 0.1) is 4.92 Å². The first kappa shape index (κ1) is 15.2. The molecule has 7 nitrogen and oxygen atoms in total. The number of hydrogen-bond donors (Lipinski definition) is 1. The summed E-state index contributed by atoms with van der Waals surface area (Å²) in [5.41, 5.74) is 5.28. The van der Waals surface area contributed by atoms with Gasteiger partial charge in [-0.15, -0.1) is 0 Å². The van der Waals surface area contributed by atoms with Crippen LogP contribution in [0, 0.1) is 10.1 Å². The molecule has 110 valence electrons. The first-order valence-corrected chi connectivity index (χ1v) is 7.78. The Hall–Kier alpha value is -1.22. The largest absolute Gasteiger partial charge is 0.326 e. The SMILES string of the molecule is CC1C(N)CCN1S(=O)(=O)c1ccc(Cl)cc1[N+](=O)[O-]. The molecule has 1 aromatic rings. The van der Waals surface area contributed by atoms with Gasteiger partial charge in [-0.05, 0) is 25.5 Å². The van der Waals surface area contributed by atoms with Crippen molar-refractivity contribution in [2.75, 3.05) is 6.54 Å². The molecule has 1 saturated heterocycles. The summed E-state index contributed by atoms with van der Waals surface area (Å²) in [6.07, 6.45) is 0.530. The second-order valence-corrected chi connectivity index (χ2v) is 6.97. The van der Waals surface area contributed by atoms with Gasteiger partial charge in [0.15, 0.2) is 4.90 Å². The zero-order valence-corrected chi connectivity index (χ0v) is 12.3. The molecule has 2 N–H and O–H groups in total. The van der Waals surface area contributed by atoms with Crippen LogP contribution in [0.1, 0.15) is 13.3 Å². The Kier molecular flexibility index (Phi) is 4.01. The van der Waals surface area contributed by atoms with E-state index >= 15 is 0 Å². The lowest BCUT2D eigenvalue weighted by Crippen LogP contribution is -2.40. The number of benzene rings is 1. The van der Waals surface area contributed by atoms with Gasteiger partial charge in [0.1, 0.15) is 0 Å². The Morgan fingerprint density at radius 2 is 2.15 bits per heavy atom. The molecule has 2 rings (SSSR count). The summed E-state index contributed by atoms with van der Waals surface area (Å²) in [6, 6.07) is 2.86. The maximum absolute atomic E-state index is 12.5. The van der Waals surface area contributed by atoms with E-state index in [9.17, 15) is 18.5 Å². The quantitative estimate of drug-likeness (QED) is 0.668. The summed E-state index contributed by atoms with van der Waals surface area (Å²) < 4.78 is 26.3. The predicted octanol–water partition coefficient (Wildman–Crippen LogP) is 1.36. The molecular formula is C11H14ClN3O4S. The zero-order chi connectivity index (χ0) is 15.1. The lowest BCUT2D eigenvalue weighted by Gasteiger charge is -2.22. The fourth-order valence-electron chi connectivity index (χ4n) is 2.25. The Bertz CT molecular complexity index is 649. The van der Waals surface area contributed by atoms with Crippen molar-refractivity contribution in [3.8, 4) is 0 Å². The van der Waals surface area contributed by atoms with Crippen LogP contribution >= 0.6 is 11.6 Å². The van der Waals surface area contributed by atoms with Gasteiger partial charge in [-0.3, -0.25) is 10.1 Å². The highest BCUT2D eigenvalue weighted by Gasteiger charge is 2.40. The van der Waals surface area contributed by atoms with E-state index in [1.807, 2.05) is 0 Å². The summed E-state index contributed by atoms with van der Waals surface area (Å²) in [6.45, 7) is 1.95. The zero-order valence-electron chi connectivity index (χ0n) is 10.7. The molecule has 0 bridgehead atoms. The van der Waals surface area contributed by atoms with Crippen molar-refractivity contribution in [3.63, 3.8) is 0 Å². The van der Waals surface area contributed by atoms with E-state index in [-0.39, 0.29) is 22.5 Å². The maximum atomic E-state index is 12.5. The minimum absolute atomic E-state index is 0.113. The Morgan fingerprint density at radius 1 is 1.50 bits per heavy atom. The predicted molar refractivity (Wildman–Crippen MR) is 74.1 cm³/mol. The fourth-order valence-corrected chi connectivity index (χ4v) is 4.25. The normalized spacial score (nSPS) is 23.9. The van der Waals surface area contributed by atoms with E-state index in [4.69, 9.17) is 17.3 Å². The van der Waals surface area contributed by atoms with Crippen molar-refractivity contribution in [3.05, 3.63) is 33.3 Å². The van der Waals surface area contributed by atoms with Crippen LogP contribution in [-0.2, 0) is 10.0 Å². The van der Waals surface area contributed by atoms with Crippen LogP contribution in [-0.4, -0.2) is 36.3 Å². The van der Waals surface area contributed by atoms with E-state index < -0.39 is 26.7 Å². The standard InChI is InChI=1S/C11H14ClN3O4S/c1-7-9(13)4-5-14(7)20(18,19)11-3-2-8(12)6-10(11)15(16)17/h2-3,6-7,9H,4-5,13H2,1H3. The van der Waals surface area contributed by atoms with Crippen LogP contribution in [0.2, 0.25) is 5.02 Å². The highest BCUT2D eigenvalue weighted by atomic mass is 35.5. The van der Waals surface area contributed by atoms with Crippen molar-refractivity contribution in [2.45, 2.75) is 30.3 Å². The fraction of sp³-hybridized carbons (Fsp3) is 0.455. The molecule has 1 aliphatic heterocycles. The van der Waals surface area contributed by atoms with Crippen molar-refractivity contribution >= 4 is 27.3 Å². The number of hydrogen-bond acceptors (Lipinski definition) is 5. The summed E-state index contributed by atoms with van der Waals surface area (Å²) in [5, 5.41) is 11.1. The molecule has 0 aliphatic carbocycles. The van der Waals surface area contributed by atoms with Crippen LogP contribution in [0.4, 0.5) is 5.69 Å². The first-order chi connectivity index (χ1) is 9.25. The van der Waals surface area contributed by atoms with Gasteiger partial charge in [-0.25, -0.2) is 8.42 Å². The number of halogens is 1. The minimum Gasteiger partial charge on any atom is -0.326 e. The number of nitro benzene ring substituents is 1. The molecular weight excluding hydrogens is 306 g/mol. The minimum atomic E-state index is -3.96. The molecule has 0 aromatic heterocycles. The van der Waals surface area contributed by atoms with Crippen LogP contribution in [0.3, 0.4) is 0 Å². The maximum Gasteiger partial charge on any atom is 0.290 e. The van der Waals surface area contributed by atoms with Gasteiger partial charge in [0, 0.05) is 29.7 Å². The number of nitrogens with two attached hydrogens (primary N) is 1. The summed E-state index contributed by atoms with van der Waals surface area (Å²) >= 11 is 5.69. The number of nitro groups is 1. The van der Waals surface area contributed by atoms with Crippen LogP contribution < -0.4 is 5.73 Å². The molecule has 1 fully saturated rings. The monoisotopic (exact) mass is 319 g/mol. The lowest BCUT2D eigenvalue weighted by molar-refractivity contribution is -0.387. The molecule has 0 saturated carbocycles. The van der Waals surface area contributed by atoms with E-state index in [2.05, 4.69) is 0 Å². The highest BCUT2D eigenvalue weighted by Crippen LogP contribution is 2.32. The molecule has 2 atom stereocenters. The molecule has 0 spiro atoms. The number of nitrogens with zero attached hydrogens (tertiary/aromatic N) is 2. The van der Waals surface area contributed by atoms with E-state index in [0.717, 1.165) is 12.1 Å². The second-order valence-electron chi connectivity index (χ2n) is 4.68. The molecule has 0 amide bonds. The van der Waals surface area contributed by atoms with Crippen molar-refractivity contribution in [1.29, 1.82) is 0 Å². The summed E-state index contributed by atoms with van der Waals surface area (Å²) in [7, 11) is -3.96. The molecule has 0 radical (unpaired) electrons. The van der Waals surface area contributed by atoms with Gasteiger partial charge in [0.25, 0.3) is 5.69 Å². The van der Waals surface area contributed by atoms with Crippen molar-refractivity contribution in [1.82, 2.24) is 4.31 Å². The van der Waals surface area contributed by atoms with Gasteiger partial charge >= 0.3 is 0 Å². The smallest absolute Gasteiger partial charge is 0.290 e. The lowest BCUT2D eigenvalue weighted by atomic mass is 10.2.